The highest BCUT2D eigenvalue weighted by Crippen LogP contribution is 2.70. The lowest BCUT2D eigenvalue weighted by Gasteiger charge is -2.63. The quantitative estimate of drug-likeness (QED) is 0.114. The van der Waals surface area contributed by atoms with E-state index in [-0.39, 0.29) is 43.2 Å². The van der Waals surface area contributed by atoms with Gasteiger partial charge in [0.2, 0.25) is 6.71 Å². The number of halogens is 5. The van der Waals surface area contributed by atoms with E-state index < -0.39 is 0 Å². The summed E-state index contributed by atoms with van der Waals surface area (Å²) >= 11 is 10.9. The van der Waals surface area contributed by atoms with Crippen LogP contribution in [0.4, 0.5) is 9.41 Å². The summed E-state index contributed by atoms with van der Waals surface area (Å²) in [5, 5.41) is 5.31. The van der Waals surface area contributed by atoms with Crippen molar-refractivity contribution >= 4 is 115 Å². The lowest BCUT2D eigenvalue weighted by molar-refractivity contribution is -0.0283. The first kappa shape index (κ1) is 90.2. The zero-order chi connectivity index (χ0) is 85.9. The highest BCUT2D eigenvalue weighted by atomic mass is 79.9. The van der Waals surface area contributed by atoms with Crippen molar-refractivity contribution in [2.24, 2.45) is 35.5 Å². The van der Waals surface area contributed by atoms with Gasteiger partial charge in [0, 0.05) is 47.8 Å². The first-order valence-corrected chi connectivity index (χ1v) is 50.0. The molecule has 13 aliphatic rings. The Balaban J connectivity index is 0.000000129. The molecule has 2 heterocycles. The zero-order valence-corrected chi connectivity index (χ0v) is 80.1. The average Bonchev–Trinajstić information content (AvgIpc) is 0.805. The van der Waals surface area contributed by atoms with E-state index in [0.717, 1.165) is 41.9 Å². The Morgan fingerprint density at radius 3 is 0.756 bits per heavy atom. The van der Waals surface area contributed by atoms with E-state index in [1.54, 1.807) is 33.4 Å². The van der Waals surface area contributed by atoms with E-state index in [4.69, 9.17) is 0 Å². The molecule has 0 radical (unpaired) electrons. The van der Waals surface area contributed by atoms with Crippen LogP contribution in [0.2, 0.25) is 0 Å². The lowest BCUT2D eigenvalue weighted by Crippen LogP contribution is -2.57. The van der Waals surface area contributed by atoms with Crippen LogP contribution in [0, 0.1) is 77.0 Å². The molecule has 0 N–H and O–H groups in total. The maximum absolute atomic E-state index is 3.65. The minimum absolute atomic E-state index is 0. The maximum atomic E-state index is 3.65. The average molecular weight is 1920 g/mol. The third-order valence-corrected chi connectivity index (χ3v) is 35.4. The molecule has 8 heteroatoms. The van der Waals surface area contributed by atoms with Crippen molar-refractivity contribution in [3.05, 3.63) is 407 Å². The number of hydrogen-bond acceptors (Lipinski definition) is 0. The van der Waals surface area contributed by atoms with Gasteiger partial charge in [-0.25, -0.2) is 0 Å². The summed E-state index contributed by atoms with van der Waals surface area (Å²) in [5.41, 5.74) is 37.6. The predicted molar refractivity (Wildman–Crippen MR) is 566 cm³/mol. The Bertz CT molecular complexity index is 6590. The SMILES string of the molecule is Brc1ccc(C23CC4CC(C2)CC(c2ccc(-n5c6ccccc6c6ccccc65)cc2)(C4)C3)cc1.Brc1ccc(C23CC4CC(C2)CC(c2ccc(Br)cc2)(C4)C3)cc1.C.C.Cc1cc(C)c(B(c2ccc(C34CC5CC(C3)CC(c3ccc(-n6c7ccccc7c7ccccc76)cc3)(C5)C4)cc2)c2c(C)cc(C)cc2C)c(C)c1.F.F.[2HH].c1ccc2c(c1)Cc1ccccc1-2. The fraction of sp³-hybridized carbons (Fsp3) is 0.317. The third-order valence-electron chi connectivity index (χ3n) is 33.8. The van der Waals surface area contributed by atoms with Gasteiger partial charge in [-0.1, -0.05) is 343 Å². The van der Waals surface area contributed by atoms with Gasteiger partial charge < -0.3 is 9.13 Å². The Labute approximate surface area is 803 Å². The number of fused-ring (bicyclic) bond motifs is 9. The van der Waals surface area contributed by atoms with Crippen molar-refractivity contribution in [1.82, 2.24) is 9.13 Å². The van der Waals surface area contributed by atoms with Crippen molar-refractivity contribution in [1.29, 1.82) is 0 Å². The van der Waals surface area contributed by atoms with Gasteiger partial charge in [-0.05, 0) is 372 Å². The number of benzene rings is 14. The van der Waals surface area contributed by atoms with E-state index in [9.17, 15) is 0 Å². The second-order valence-electron chi connectivity index (χ2n) is 42.1. The molecule has 12 bridgehead atoms. The van der Waals surface area contributed by atoms with Crippen molar-refractivity contribution in [3.63, 3.8) is 0 Å². The topological polar surface area (TPSA) is 9.86 Å². The smallest absolute Gasteiger partial charge is 0.242 e. The van der Waals surface area contributed by atoms with E-state index in [0.29, 0.717) is 21.7 Å². The van der Waals surface area contributed by atoms with Gasteiger partial charge in [-0.15, -0.1) is 0 Å². The summed E-state index contributed by atoms with van der Waals surface area (Å²) in [4.78, 5) is 0. The van der Waals surface area contributed by atoms with Crippen LogP contribution in [0.1, 0.15) is 210 Å². The molecule has 131 heavy (non-hydrogen) atoms. The summed E-state index contributed by atoms with van der Waals surface area (Å²) in [6, 6.07) is 120. The van der Waals surface area contributed by atoms with Crippen LogP contribution in [0.5, 0.6) is 0 Å². The fourth-order valence-electron chi connectivity index (χ4n) is 30.4. The molecule has 14 aromatic carbocycles. The number of rotatable bonds is 11. The second-order valence-corrected chi connectivity index (χ2v) is 44.8. The highest BCUT2D eigenvalue weighted by Gasteiger charge is 2.62. The molecular weight excluding hydrogens is 1790 g/mol. The molecule has 2 nitrogen and oxygen atoms in total. The number of hydrogen-bond donors (Lipinski definition) is 0. The summed E-state index contributed by atoms with van der Waals surface area (Å²) < 4.78 is 8.48. The summed E-state index contributed by atoms with van der Waals surface area (Å²) in [6.45, 7) is 14.0. The molecule has 16 aromatic rings. The van der Waals surface area contributed by atoms with Crippen LogP contribution in [-0.4, -0.2) is 15.8 Å². The van der Waals surface area contributed by atoms with Crippen LogP contribution in [-0.2, 0) is 38.9 Å². The summed E-state index contributed by atoms with van der Waals surface area (Å²) in [5.74, 6) is 5.19. The third kappa shape index (κ3) is 15.7. The van der Waals surface area contributed by atoms with Crippen LogP contribution >= 0.6 is 47.8 Å². The standard InChI is InChI=1S/C52H52BN.C34H30BrN.C22H22Br2.C13H10.2CH4.2FH.H2/c1-33-23-35(3)49(36(4)24-33)53(50-37(5)25-34(2)26-38(50)6)43-19-15-41(16-20-43)51-28-39-27-40(29-51)31-52(30-39,32-51)42-17-21-44(22-18-42)54-47-13-9-7-11-45(47)46-12-8-10-14-48(46)54;35-27-13-9-25(10-14-27)33-18-23-17-24(19-33)21-34(20-23,22-33)26-11-15-28(16-12-26)36-31-7-3-1-5-29(31)30-6-2-4-8-32(30)36;23-19-5-1-17(2-6-19)21-10-15-9-16(11-21)13-22(12-15,14-21)18-3-7-20(24)8-4-18;1-3-7-12-10(5-1)9-11-6-2-4-8-13(11)12;;;;;/h7-26,39-40H,27-32H2,1-6H3;1-16,23-24H,17-22H2;1-8,15-16H,9-14H2;1-8H,9H2;2*1H4;3*1H/i;;;;;;;;1+1. The molecule has 12 saturated carbocycles. The Morgan fingerprint density at radius 2 is 0.496 bits per heavy atom. The van der Waals surface area contributed by atoms with E-state index in [1.165, 1.54) is 256 Å². The Morgan fingerprint density at radius 1 is 0.275 bits per heavy atom. The Hall–Kier alpha value is -9.96. The molecule has 666 valence electrons. The molecule has 0 spiro atoms. The maximum Gasteiger partial charge on any atom is 0.242 e. The summed E-state index contributed by atoms with van der Waals surface area (Å²) in [7, 11) is 0. The minimum Gasteiger partial charge on any atom is -0.309 e. The number of aromatic nitrogens is 2. The molecule has 12 fully saturated rings. The minimum atomic E-state index is 0. The Kier molecular flexibility index (Phi) is 24.2. The van der Waals surface area contributed by atoms with Gasteiger partial charge in [-0.2, -0.15) is 0 Å². The summed E-state index contributed by atoms with van der Waals surface area (Å²) in [6.07, 6.45) is 25.9. The zero-order valence-electron chi connectivity index (χ0n) is 75.3. The number of nitrogens with zero attached hydrogens (tertiary/aromatic N) is 2. The molecule has 13 aliphatic carbocycles. The van der Waals surface area contributed by atoms with E-state index in [2.05, 4.69) is 414 Å². The lowest BCUT2D eigenvalue weighted by atomic mass is 9.34. The predicted octanol–water partition coefficient (Wildman–Crippen LogP) is 32.4. The van der Waals surface area contributed by atoms with Crippen molar-refractivity contribution < 1.29 is 10.8 Å². The molecule has 0 saturated heterocycles. The molecule has 2 aromatic heterocycles. The van der Waals surface area contributed by atoms with Crippen LogP contribution in [0.15, 0.2) is 329 Å². The number of para-hydroxylation sites is 4. The molecule has 29 rings (SSSR count). The van der Waals surface area contributed by atoms with Crippen molar-refractivity contribution in [2.75, 3.05) is 0 Å². The van der Waals surface area contributed by atoms with Crippen LogP contribution in [0.3, 0.4) is 0 Å². The molecule has 0 amide bonds. The van der Waals surface area contributed by atoms with E-state index >= 15 is 0 Å². The molecule has 4 unspecified atom stereocenters. The van der Waals surface area contributed by atoms with Gasteiger partial charge in [0.05, 0.1) is 22.1 Å². The van der Waals surface area contributed by atoms with Crippen LogP contribution in [0.25, 0.3) is 66.1 Å². The second kappa shape index (κ2) is 35.1. The number of aryl methyl sites for hydroxylation is 6. The first-order chi connectivity index (χ1) is 61.8. The van der Waals surface area contributed by atoms with Gasteiger partial charge in [-0.3, -0.25) is 9.41 Å². The molecular formula is C123H126BBr3F2N2. The monoisotopic (exact) mass is 1920 g/mol. The first-order valence-electron chi connectivity index (χ1n) is 47.6. The fourth-order valence-corrected chi connectivity index (χ4v) is 31.2. The van der Waals surface area contributed by atoms with Crippen LogP contribution < -0.4 is 16.4 Å². The van der Waals surface area contributed by atoms with E-state index in [1.807, 2.05) is 0 Å². The largest absolute Gasteiger partial charge is 0.309 e. The van der Waals surface area contributed by atoms with Gasteiger partial charge in [0.1, 0.15) is 0 Å². The molecule has 4 atom stereocenters. The van der Waals surface area contributed by atoms with Crippen molar-refractivity contribution in [3.8, 4) is 22.5 Å². The normalized spacial score (nSPS) is 25.4. The van der Waals surface area contributed by atoms with Gasteiger partial charge >= 0.3 is 0 Å². The van der Waals surface area contributed by atoms with Crippen molar-refractivity contribution in [2.45, 2.75) is 211 Å². The van der Waals surface area contributed by atoms with Gasteiger partial charge in [0.15, 0.2) is 0 Å². The highest BCUT2D eigenvalue weighted by molar-refractivity contribution is 9.11. The van der Waals surface area contributed by atoms with Gasteiger partial charge in [0.25, 0.3) is 0 Å². The molecule has 0 aliphatic heterocycles.